The monoisotopic (exact) mass is 451 g/mol. The van der Waals surface area contributed by atoms with Gasteiger partial charge < -0.3 is 9.84 Å². The molecule has 1 heterocycles. The predicted molar refractivity (Wildman–Crippen MR) is 96.9 cm³/mol. The van der Waals surface area contributed by atoms with Crippen molar-refractivity contribution in [2.45, 2.75) is 12.1 Å². The van der Waals surface area contributed by atoms with Crippen LogP contribution in [0.4, 0.5) is 0 Å². The number of esters is 1. The maximum absolute atomic E-state index is 12.6. The third-order valence-corrected chi connectivity index (χ3v) is 4.78. The average Bonchev–Trinajstić information content (AvgIpc) is 2.88. The van der Waals surface area contributed by atoms with Gasteiger partial charge in [-0.15, -0.1) is 0 Å². The molecule has 0 fully saturated rings. The van der Waals surface area contributed by atoms with E-state index in [9.17, 15) is 19.5 Å². The summed E-state index contributed by atoms with van der Waals surface area (Å²) in [6, 6.07) is 11.6. The second-order valence-electron chi connectivity index (χ2n) is 5.49. The van der Waals surface area contributed by atoms with Crippen molar-refractivity contribution in [2.75, 3.05) is 7.11 Å². The largest absolute Gasteiger partial charge is 0.467 e. The van der Waals surface area contributed by atoms with Crippen LogP contribution in [0.5, 0.6) is 0 Å². The summed E-state index contributed by atoms with van der Waals surface area (Å²) in [6.45, 7) is 0. The van der Waals surface area contributed by atoms with E-state index in [1.165, 1.54) is 12.1 Å². The van der Waals surface area contributed by atoms with E-state index in [2.05, 4.69) is 22.6 Å². The molecule has 1 N–H and O–H groups in total. The number of amides is 2. The number of halogens is 1. The van der Waals surface area contributed by atoms with Gasteiger partial charge in [0.25, 0.3) is 11.8 Å². The van der Waals surface area contributed by atoms with E-state index in [0.717, 1.165) is 15.6 Å². The lowest BCUT2D eigenvalue weighted by molar-refractivity contribution is -0.149. The molecule has 1 aliphatic rings. The number of aliphatic hydroxyl groups excluding tert-OH is 1. The van der Waals surface area contributed by atoms with E-state index in [0.29, 0.717) is 5.56 Å². The number of rotatable bonds is 4. The van der Waals surface area contributed by atoms with Gasteiger partial charge in [0.2, 0.25) is 0 Å². The smallest absolute Gasteiger partial charge is 0.332 e. The summed E-state index contributed by atoms with van der Waals surface area (Å²) in [7, 11) is 1.15. The molecule has 0 radical (unpaired) electrons. The normalized spacial score (nSPS) is 15.7. The highest BCUT2D eigenvalue weighted by molar-refractivity contribution is 14.1. The summed E-state index contributed by atoms with van der Waals surface area (Å²) < 4.78 is 5.69. The van der Waals surface area contributed by atoms with Crippen molar-refractivity contribution in [3.63, 3.8) is 0 Å². The van der Waals surface area contributed by atoms with Crippen LogP contribution in [0.25, 0.3) is 0 Å². The van der Waals surface area contributed by atoms with Gasteiger partial charge in [0, 0.05) is 3.57 Å². The van der Waals surface area contributed by atoms with Gasteiger partial charge in [-0.25, -0.2) is 4.79 Å². The number of methoxy groups -OCH3 is 1. The Balaban J connectivity index is 2.03. The van der Waals surface area contributed by atoms with Crippen LogP contribution in [0, 0.1) is 3.57 Å². The van der Waals surface area contributed by atoms with Gasteiger partial charge >= 0.3 is 5.97 Å². The van der Waals surface area contributed by atoms with Crippen LogP contribution in [0.1, 0.15) is 32.4 Å². The number of hydrogen-bond acceptors (Lipinski definition) is 5. The summed E-state index contributed by atoms with van der Waals surface area (Å²) >= 11 is 2.11. The zero-order valence-electron chi connectivity index (χ0n) is 13.2. The van der Waals surface area contributed by atoms with Crippen LogP contribution in [-0.2, 0) is 9.53 Å². The second kappa shape index (κ2) is 6.93. The quantitative estimate of drug-likeness (QED) is 0.438. The van der Waals surface area contributed by atoms with Gasteiger partial charge in [-0.05, 0) is 52.4 Å². The zero-order chi connectivity index (χ0) is 18.1. The molecule has 7 heteroatoms. The Hall–Kier alpha value is -2.26. The molecule has 25 heavy (non-hydrogen) atoms. The van der Waals surface area contributed by atoms with Gasteiger partial charge in [-0.1, -0.05) is 24.3 Å². The molecule has 0 aromatic heterocycles. The van der Waals surface area contributed by atoms with Crippen molar-refractivity contribution in [3.8, 4) is 0 Å². The number of fused-ring (bicyclic) bond motifs is 1. The molecule has 6 nitrogen and oxygen atoms in total. The van der Waals surface area contributed by atoms with Gasteiger partial charge in [-0.2, -0.15) is 0 Å². The van der Waals surface area contributed by atoms with Crippen LogP contribution in [0.2, 0.25) is 0 Å². The van der Waals surface area contributed by atoms with Crippen molar-refractivity contribution < 1.29 is 24.2 Å². The predicted octanol–water partition coefficient (Wildman–Crippen LogP) is 2.16. The summed E-state index contributed by atoms with van der Waals surface area (Å²) in [5.74, 6) is -2.11. The minimum atomic E-state index is -1.46. The van der Waals surface area contributed by atoms with Crippen LogP contribution >= 0.6 is 22.6 Å². The molecule has 0 aliphatic carbocycles. The number of aliphatic hydroxyl groups is 1. The first kappa shape index (κ1) is 17.6. The van der Waals surface area contributed by atoms with Crippen LogP contribution in [-0.4, -0.2) is 40.9 Å². The molecule has 0 bridgehead atoms. The SMILES string of the molecule is COC(=O)[C@H]([C@@H](O)c1ccc(I)cc1)N1C(=O)c2ccccc2C1=O. The van der Waals surface area contributed by atoms with E-state index >= 15 is 0 Å². The van der Waals surface area contributed by atoms with Gasteiger partial charge in [0.1, 0.15) is 6.10 Å². The Morgan fingerprint density at radius 1 is 1.04 bits per heavy atom. The molecule has 128 valence electrons. The maximum Gasteiger partial charge on any atom is 0.332 e. The third kappa shape index (κ3) is 3.05. The lowest BCUT2D eigenvalue weighted by Gasteiger charge is -2.28. The lowest BCUT2D eigenvalue weighted by Crippen LogP contribution is -2.49. The Kier molecular flexibility index (Phi) is 4.87. The summed E-state index contributed by atoms with van der Waals surface area (Å²) in [6.07, 6.45) is -1.40. The van der Waals surface area contributed by atoms with Crippen LogP contribution in [0.15, 0.2) is 48.5 Å². The van der Waals surface area contributed by atoms with Gasteiger partial charge in [-0.3, -0.25) is 14.5 Å². The molecule has 2 amide bonds. The number of ether oxygens (including phenoxy) is 1. The number of imide groups is 1. The third-order valence-electron chi connectivity index (χ3n) is 4.06. The molecular formula is C18H14INO5. The van der Waals surface area contributed by atoms with Crippen LogP contribution < -0.4 is 0 Å². The van der Waals surface area contributed by atoms with Crippen molar-refractivity contribution >= 4 is 40.4 Å². The molecule has 0 saturated carbocycles. The Morgan fingerprint density at radius 3 is 2.04 bits per heavy atom. The fraction of sp³-hybridized carbons (Fsp3) is 0.167. The van der Waals surface area contributed by atoms with Crippen molar-refractivity contribution in [2.24, 2.45) is 0 Å². The highest BCUT2D eigenvalue weighted by Gasteiger charge is 2.46. The molecule has 2 aromatic rings. The first-order chi connectivity index (χ1) is 12.0. The summed E-state index contributed by atoms with van der Waals surface area (Å²) in [5, 5.41) is 10.7. The van der Waals surface area contributed by atoms with E-state index in [1.54, 1.807) is 36.4 Å². The van der Waals surface area contributed by atoms with E-state index in [-0.39, 0.29) is 11.1 Å². The topological polar surface area (TPSA) is 83.9 Å². The first-order valence-electron chi connectivity index (χ1n) is 7.44. The molecular weight excluding hydrogens is 437 g/mol. The first-order valence-corrected chi connectivity index (χ1v) is 8.52. The molecule has 0 saturated heterocycles. The highest BCUT2D eigenvalue weighted by atomic mass is 127. The summed E-state index contributed by atoms with van der Waals surface area (Å²) in [5.41, 5.74) is 0.819. The second-order valence-corrected chi connectivity index (χ2v) is 6.74. The molecule has 2 atom stereocenters. The van der Waals surface area contributed by atoms with E-state index < -0.39 is 29.9 Å². The van der Waals surface area contributed by atoms with E-state index in [4.69, 9.17) is 4.74 Å². The number of nitrogens with zero attached hydrogens (tertiary/aromatic N) is 1. The minimum Gasteiger partial charge on any atom is -0.467 e. The molecule has 0 spiro atoms. The van der Waals surface area contributed by atoms with Crippen molar-refractivity contribution in [1.29, 1.82) is 0 Å². The standard InChI is InChI=1S/C18H14INO5/c1-25-18(24)14(15(21)10-6-8-11(19)9-7-10)20-16(22)12-4-2-3-5-13(12)17(20)23/h2-9,14-15,21H,1H3/t14-,15-/m0/s1. The lowest BCUT2D eigenvalue weighted by atomic mass is 10.0. The molecule has 0 unspecified atom stereocenters. The summed E-state index contributed by atoms with van der Waals surface area (Å²) in [4.78, 5) is 38.4. The molecule has 1 aliphatic heterocycles. The Morgan fingerprint density at radius 2 is 1.56 bits per heavy atom. The van der Waals surface area contributed by atoms with Gasteiger partial charge in [0.15, 0.2) is 6.04 Å². The molecule has 2 aromatic carbocycles. The van der Waals surface area contributed by atoms with Crippen LogP contribution in [0.3, 0.4) is 0 Å². The number of hydrogen-bond donors (Lipinski definition) is 1. The van der Waals surface area contributed by atoms with E-state index in [1.807, 2.05) is 0 Å². The maximum atomic E-state index is 12.6. The fourth-order valence-corrected chi connectivity index (χ4v) is 3.16. The zero-order valence-corrected chi connectivity index (χ0v) is 15.3. The number of benzene rings is 2. The highest BCUT2D eigenvalue weighted by Crippen LogP contribution is 2.30. The molecule has 3 rings (SSSR count). The number of carbonyl (C=O) groups is 3. The number of carbonyl (C=O) groups excluding carboxylic acids is 3. The average molecular weight is 451 g/mol. The van der Waals surface area contributed by atoms with Crippen molar-refractivity contribution in [3.05, 3.63) is 68.8 Å². The minimum absolute atomic E-state index is 0.205. The van der Waals surface area contributed by atoms with Gasteiger partial charge in [0.05, 0.1) is 18.2 Å². The Bertz CT molecular complexity index is 814. The Labute approximate surface area is 157 Å². The van der Waals surface area contributed by atoms with Crippen molar-refractivity contribution in [1.82, 2.24) is 4.90 Å². The fourth-order valence-electron chi connectivity index (χ4n) is 2.80.